The first kappa shape index (κ1) is 16.5. The minimum atomic E-state index is -0.467. The molecule has 2 aromatic heterocycles. The van der Waals surface area contributed by atoms with E-state index in [0.717, 1.165) is 5.69 Å². The first-order valence-electron chi connectivity index (χ1n) is 7.70. The smallest absolute Gasteiger partial charge is 0.339 e. The molecule has 0 saturated carbocycles. The Kier molecular flexibility index (Phi) is 4.38. The summed E-state index contributed by atoms with van der Waals surface area (Å²) >= 11 is 0. The lowest BCUT2D eigenvalue weighted by Gasteiger charge is -2.07. The molecule has 25 heavy (non-hydrogen) atoms. The van der Waals surface area contributed by atoms with Crippen LogP contribution < -0.4 is 5.32 Å². The number of anilines is 1. The number of ether oxygens (including phenoxy) is 1. The number of amides is 1. The van der Waals surface area contributed by atoms with Crippen molar-refractivity contribution in [2.24, 2.45) is 0 Å². The first-order valence-corrected chi connectivity index (χ1v) is 7.70. The first-order chi connectivity index (χ1) is 12.0. The van der Waals surface area contributed by atoms with Crippen LogP contribution in [0, 0.1) is 13.8 Å². The molecule has 0 bridgehead atoms. The summed E-state index contributed by atoms with van der Waals surface area (Å²) in [4.78, 5) is 27.4. The molecule has 7 heteroatoms. The van der Waals surface area contributed by atoms with Gasteiger partial charge in [0.15, 0.2) is 0 Å². The molecule has 7 nitrogen and oxygen atoms in total. The van der Waals surface area contributed by atoms with Crippen LogP contribution in [0.15, 0.2) is 42.7 Å². The van der Waals surface area contributed by atoms with Gasteiger partial charge in [-0.15, -0.1) is 0 Å². The third-order valence-corrected chi connectivity index (χ3v) is 3.93. The number of nitrogens with one attached hydrogen (secondary N) is 2. The predicted molar refractivity (Wildman–Crippen MR) is 93.1 cm³/mol. The van der Waals surface area contributed by atoms with Crippen LogP contribution in [0.3, 0.4) is 0 Å². The maximum Gasteiger partial charge on any atom is 0.339 e. The summed E-state index contributed by atoms with van der Waals surface area (Å²) in [5.74, 6) is -0.792. The summed E-state index contributed by atoms with van der Waals surface area (Å²) in [5, 5.41) is 7.00. The van der Waals surface area contributed by atoms with Crippen LogP contribution in [0.1, 0.15) is 32.1 Å². The molecule has 0 aliphatic rings. The highest BCUT2D eigenvalue weighted by Crippen LogP contribution is 2.21. The van der Waals surface area contributed by atoms with Gasteiger partial charge in [-0.05, 0) is 43.7 Å². The van der Waals surface area contributed by atoms with E-state index >= 15 is 0 Å². The van der Waals surface area contributed by atoms with Crippen molar-refractivity contribution in [1.29, 1.82) is 0 Å². The van der Waals surface area contributed by atoms with Crippen LogP contribution in [0.4, 0.5) is 5.69 Å². The Morgan fingerprint density at radius 2 is 2.04 bits per heavy atom. The van der Waals surface area contributed by atoms with Crippen molar-refractivity contribution in [2.75, 3.05) is 12.4 Å². The molecule has 1 amide bonds. The van der Waals surface area contributed by atoms with Crippen LogP contribution in [-0.2, 0) is 4.74 Å². The van der Waals surface area contributed by atoms with Crippen molar-refractivity contribution >= 4 is 17.6 Å². The predicted octanol–water partition coefficient (Wildman–Crippen LogP) is 2.86. The molecular formula is C18H18N4O3. The van der Waals surface area contributed by atoms with E-state index in [2.05, 4.69) is 15.4 Å². The molecule has 0 fully saturated rings. The van der Waals surface area contributed by atoms with Crippen LogP contribution in [-0.4, -0.2) is 33.8 Å². The van der Waals surface area contributed by atoms with Gasteiger partial charge >= 0.3 is 5.97 Å². The summed E-state index contributed by atoms with van der Waals surface area (Å²) in [6, 6.07) is 9.15. The average Bonchev–Trinajstić information content (AvgIpc) is 3.23. The molecule has 3 rings (SSSR count). The molecule has 0 saturated heterocycles. The molecule has 0 unspecified atom stereocenters. The number of aromatic nitrogens is 3. The summed E-state index contributed by atoms with van der Waals surface area (Å²) in [6.07, 6.45) is 3.51. The van der Waals surface area contributed by atoms with E-state index in [0.29, 0.717) is 28.2 Å². The Balaban J connectivity index is 1.86. The summed E-state index contributed by atoms with van der Waals surface area (Å²) in [5.41, 5.74) is 3.34. The molecule has 1 aromatic carbocycles. The molecule has 128 valence electrons. The average molecular weight is 338 g/mol. The monoisotopic (exact) mass is 338 g/mol. The highest BCUT2D eigenvalue weighted by molar-refractivity contribution is 6.06. The van der Waals surface area contributed by atoms with Gasteiger partial charge in [0.05, 0.1) is 18.4 Å². The zero-order chi connectivity index (χ0) is 18.0. The SMILES string of the molecule is COC(=O)c1c(C)[nH]c(C(=O)Nc2cccc(-n3cccn3)c2)c1C. The van der Waals surface area contributed by atoms with Crippen molar-refractivity contribution in [2.45, 2.75) is 13.8 Å². The van der Waals surface area contributed by atoms with E-state index in [4.69, 9.17) is 4.74 Å². The van der Waals surface area contributed by atoms with Crippen LogP contribution in [0.25, 0.3) is 5.69 Å². The minimum Gasteiger partial charge on any atom is -0.465 e. The van der Waals surface area contributed by atoms with Gasteiger partial charge in [-0.3, -0.25) is 4.79 Å². The third kappa shape index (κ3) is 3.16. The van der Waals surface area contributed by atoms with Crippen LogP contribution in [0.2, 0.25) is 0 Å². The minimum absolute atomic E-state index is 0.326. The zero-order valence-corrected chi connectivity index (χ0v) is 14.2. The molecule has 0 aliphatic heterocycles. The summed E-state index contributed by atoms with van der Waals surface area (Å²) in [7, 11) is 1.31. The highest BCUT2D eigenvalue weighted by atomic mass is 16.5. The van der Waals surface area contributed by atoms with Gasteiger partial charge in [0.2, 0.25) is 0 Å². The number of esters is 1. The largest absolute Gasteiger partial charge is 0.465 e. The molecule has 3 aromatic rings. The number of rotatable bonds is 4. The van der Waals surface area contributed by atoms with E-state index in [9.17, 15) is 9.59 Å². The number of methoxy groups -OCH3 is 1. The molecule has 2 N–H and O–H groups in total. The number of nitrogens with zero attached hydrogens (tertiary/aromatic N) is 2. The fourth-order valence-corrected chi connectivity index (χ4v) is 2.73. The van der Waals surface area contributed by atoms with E-state index in [1.165, 1.54) is 7.11 Å². The lowest BCUT2D eigenvalue weighted by molar-refractivity contribution is 0.0599. The number of carbonyl (C=O) groups excluding carboxylic acids is 2. The molecule has 0 radical (unpaired) electrons. The number of H-pyrrole nitrogens is 1. The second-order valence-electron chi connectivity index (χ2n) is 5.57. The van der Waals surface area contributed by atoms with Crippen molar-refractivity contribution in [3.63, 3.8) is 0 Å². The number of hydrogen-bond donors (Lipinski definition) is 2. The number of carbonyl (C=O) groups is 2. The Bertz CT molecular complexity index is 926. The molecule has 0 aliphatic carbocycles. The summed E-state index contributed by atoms with van der Waals surface area (Å²) in [6.45, 7) is 3.44. The van der Waals surface area contributed by atoms with Crippen molar-refractivity contribution in [3.8, 4) is 5.69 Å². The molecule has 0 spiro atoms. The standard InChI is InChI=1S/C18H18N4O3/c1-11-15(18(24)25-3)12(2)20-16(11)17(23)21-13-6-4-7-14(10-13)22-9-5-8-19-22/h4-10,20H,1-3H3,(H,21,23). The maximum atomic E-state index is 12.6. The van der Waals surface area contributed by atoms with E-state index < -0.39 is 5.97 Å². The van der Waals surface area contributed by atoms with Crippen molar-refractivity contribution in [3.05, 3.63) is 65.2 Å². The van der Waals surface area contributed by atoms with E-state index in [-0.39, 0.29) is 5.91 Å². The van der Waals surface area contributed by atoms with Gasteiger partial charge in [0.1, 0.15) is 5.69 Å². The number of aromatic amines is 1. The van der Waals surface area contributed by atoms with Gasteiger partial charge in [-0.25, -0.2) is 9.48 Å². The topological polar surface area (TPSA) is 89.0 Å². The quantitative estimate of drug-likeness (QED) is 0.716. The van der Waals surface area contributed by atoms with E-state index in [1.54, 1.807) is 30.8 Å². The Morgan fingerprint density at radius 3 is 2.72 bits per heavy atom. The Hall–Kier alpha value is -3.35. The zero-order valence-electron chi connectivity index (χ0n) is 14.2. The second kappa shape index (κ2) is 6.64. The number of hydrogen-bond acceptors (Lipinski definition) is 4. The lowest BCUT2D eigenvalue weighted by atomic mass is 10.1. The van der Waals surface area contributed by atoms with Gasteiger partial charge in [0.25, 0.3) is 5.91 Å². The van der Waals surface area contributed by atoms with Gasteiger partial charge < -0.3 is 15.0 Å². The van der Waals surface area contributed by atoms with Gasteiger partial charge in [-0.1, -0.05) is 6.07 Å². The summed E-state index contributed by atoms with van der Waals surface area (Å²) < 4.78 is 6.47. The normalized spacial score (nSPS) is 10.5. The van der Waals surface area contributed by atoms with Crippen molar-refractivity contribution < 1.29 is 14.3 Å². The van der Waals surface area contributed by atoms with Gasteiger partial charge in [-0.2, -0.15) is 5.10 Å². The molecule has 0 atom stereocenters. The van der Waals surface area contributed by atoms with E-state index in [1.807, 2.05) is 30.5 Å². The number of benzene rings is 1. The van der Waals surface area contributed by atoms with Crippen molar-refractivity contribution in [1.82, 2.24) is 14.8 Å². The number of aryl methyl sites for hydroxylation is 1. The Morgan fingerprint density at radius 1 is 1.24 bits per heavy atom. The van der Waals surface area contributed by atoms with Gasteiger partial charge in [0, 0.05) is 23.8 Å². The van der Waals surface area contributed by atoms with Crippen LogP contribution >= 0.6 is 0 Å². The highest BCUT2D eigenvalue weighted by Gasteiger charge is 2.22. The fraction of sp³-hybridized carbons (Fsp3) is 0.167. The second-order valence-corrected chi connectivity index (χ2v) is 5.57. The maximum absolute atomic E-state index is 12.6. The fourth-order valence-electron chi connectivity index (χ4n) is 2.73. The molecule has 2 heterocycles. The molecular weight excluding hydrogens is 320 g/mol. The third-order valence-electron chi connectivity index (χ3n) is 3.93. The van der Waals surface area contributed by atoms with Crippen LogP contribution in [0.5, 0.6) is 0 Å². The Labute approximate surface area is 144 Å². The lowest BCUT2D eigenvalue weighted by Crippen LogP contribution is -2.14.